The highest BCUT2D eigenvalue weighted by atomic mass is 19.1. The monoisotopic (exact) mass is 324 g/mol. The van der Waals surface area contributed by atoms with Gasteiger partial charge in [-0.1, -0.05) is 55.4 Å². The highest BCUT2D eigenvalue weighted by molar-refractivity contribution is 5.45. The van der Waals surface area contributed by atoms with Gasteiger partial charge in [0.1, 0.15) is 11.6 Å². The van der Waals surface area contributed by atoms with Gasteiger partial charge in [-0.3, -0.25) is 0 Å². The van der Waals surface area contributed by atoms with E-state index in [9.17, 15) is 9.50 Å². The summed E-state index contributed by atoms with van der Waals surface area (Å²) >= 11 is 0. The van der Waals surface area contributed by atoms with Crippen molar-refractivity contribution in [2.75, 3.05) is 0 Å². The van der Waals surface area contributed by atoms with Crippen LogP contribution in [-0.4, -0.2) is 5.11 Å². The first-order chi connectivity index (χ1) is 10.7. The third-order valence-corrected chi connectivity index (χ3v) is 3.85. The number of rotatable bonds is 1. The van der Waals surface area contributed by atoms with Crippen LogP contribution < -0.4 is 0 Å². The van der Waals surface area contributed by atoms with Crippen molar-refractivity contribution in [3.05, 3.63) is 28.6 Å². The van der Waals surface area contributed by atoms with Gasteiger partial charge in [-0.05, 0) is 60.6 Å². The van der Waals surface area contributed by atoms with Crippen LogP contribution in [0.3, 0.4) is 0 Å². The van der Waals surface area contributed by atoms with E-state index in [-0.39, 0.29) is 17.5 Å². The fraction of sp³-hybridized carbons (Fsp3) is 0.714. The number of fused-ring (bicyclic) bond motifs is 1. The van der Waals surface area contributed by atoms with Crippen molar-refractivity contribution >= 4 is 0 Å². The molecule has 1 aromatic carbocycles. The molecule has 1 atom stereocenters. The molecule has 1 unspecified atom stereocenters. The Hall–Kier alpha value is -1.05. The number of aryl methyl sites for hydroxylation is 1. The zero-order valence-electron chi connectivity index (χ0n) is 16.5. The molecule has 0 saturated heterocycles. The second kappa shape index (κ2) is 10.7. The summed E-state index contributed by atoms with van der Waals surface area (Å²) in [5.74, 6) is 1.47. The number of hydrogen-bond donors (Lipinski definition) is 1. The summed E-state index contributed by atoms with van der Waals surface area (Å²) in [6.45, 7) is 16.6. The summed E-state index contributed by atoms with van der Waals surface area (Å²) in [5.41, 5.74) is 2.34. The van der Waals surface area contributed by atoms with Crippen LogP contribution in [0.5, 0.6) is 5.75 Å². The largest absolute Gasteiger partial charge is 0.508 e. The smallest absolute Gasteiger partial charge is 0.133 e. The van der Waals surface area contributed by atoms with E-state index in [1.807, 2.05) is 27.7 Å². The van der Waals surface area contributed by atoms with Gasteiger partial charge in [-0.15, -0.1) is 0 Å². The molecule has 0 radical (unpaired) electrons. The Kier molecular flexibility index (Phi) is 10.2. The molecule has 134 valence electrons. The summed E-state index contributed by atoms with van der Waals surface area (Å²) < 4.78 is 14.4. The van der Waals surface area contributed by atoms with Crippen LogP contribution >= 0.6 is 0 Å². The van der Waals surface area contributed by atoms with E-state index in [1.165, 1.54) is 0 Å². The molecular weight excluding hydrogens is 287 g/mol. The van der Waals surface area contributed by atoms with Crippen molar-refractivity contribution in [3.63, 3.8) is 0 Å². The second-order valence-electron chi connectivity index (χ2n) is 7.33. The summed E-state index contributed by atoms with van der Waals surface area (Å²) in [4.78, 5) is 0. The summed E-state index contributed by atoms with van der Waals surface area (Å²) in [7, 11) is 0. The quantitative estimate of drug-likeness (QED) is 0.559. The maximum absolute atomic E-state index is 14.4. The van der Waals surface area contributed by atoms with E-state index in [0.29, 0.717) is 11.5 Å². The highest BCUT2D eigenvalue weighted by Crippen LogP contribution is 2.36. The van der Waals surface area contributed by atoms with Gasteiger partial charge in [0.05, 0.1) is 0 Å². The van der Waals surface area contributed by atoms with Gasteiger partial charge in [0.25, 0.3) is 0 Å². The van der Waals surface area contributed by atoms with E-state index in [4.69, 9.17) is 0 Å². The van der Waals surface area contributed by atoms with Crippen LogP contribution in [0, 0.1) is 17.7 Å². The Bertz CT molecular complexity index is 461. The lowest BCUT2D eigenvalue weighted by atomic mass is 9.93. The van der Waals surface area contributed by atoms with Gasteiger partial charge < -0.3 is 5.11 Å². The van der Waals surface area contributed by atoms with Crippen molar-refractivity contribution in [2.45, 2.75) is 87.0 Å². The lowest BCUT2D eigenvalue weighted by Crippen LogP contribution is -2.03. The molecule has 1 N–H and O–H groups in total. The molecule has 23 heavy (non-hydrogen) atoms. The van der Waals surface area contributed by atoms with Gasteiger partial charge in [0.15, 0.2) is 0 Å². The van der Waals surface area contributed by atoms with E-state index in [0.717, 1.165) is 42.7 Å². The van der Waals surface area contributed by atoms with Crippen molar-refractivity contribution < 1.29 is 9.50 Å². The molecule has 0 bridgehead atoms. The number of aromatic hydroxyl groups is 1. The van der Waals surface area contributed by atoms with Gasteiger partial charge in [-0.2, -0.15) is 0 Å². The molecule has 1 aliphatic rings. The van der Waals surface area contributed by atoms with Gasteiger partial charge in [0.2, 0.25) is 0 Å². The standard InChI is InChI=1S/C15H21FO.C4H10.C2H6/c1-9(2)14-13(17)8-11-6-4-10(3)5-7-12(11)15(14)16;1-4(2)3;1-2/h8-10,17H,4-7H2,1-3H3;4H,1-3H3;1-2H3. The molecule has 0 aliphatic heterocycles. The van der Waals surface area contributed by atoms with E-state index in [2.05, 4.69) is 27.7 Å². The number of halogens is 1. The van der Waals surface area contributed by atoms with Crippen molar-refractivity contribution in [1.82, 2.24) is 0 Å². The Morgan fingerprint density at radius 1 is 1.04 bits per heavy atom. The molecular formula is C21H37FO. The molecule has 0 amide bonds. The van der Waals surface area contributed by atoms with E-state index < -0.39 is 0 Å². The average molecular weight is 325 g/mol. The third kappa shape index (κ3) is 6.93. The topological polar surface area (TPSA) is 20.2 Å². The molecule has 0 fully saturated rings. The van der Waals surface area contributed by atoms with Crippen molar-refractivity contribution in [1.29, 1.82) is 0 Å². The predicted molar refractivity (Wildman–Crippen MR) is 99.8 cm³/mol. The molecule has 1 nitrogen and oxygen atoms in total. The molecule has 2 rings (SSSR count). The van der Waals surface area contributed by atoms with Crippen molar-refractivity contribution in [2.24, 2.45) is 11.8 Å². The molecule has 0 saturated carbocycles. The Morgan fingerprint density at radius 3 is 2.00 bits per heavy atom. The van der Waals surface area contributed by atoms with Crippen LogP contribution in [0.15, 0.2) is 6.07 Å². The van der Waals surface area contributed by atoms with E-state index in [1.54, 1.807) is 6.07 Å². The second-order valence-corrected chi connectivity index (χ2v) is 7.33. The van der Waals surface area contributed by atoms with Crippen LogP contribution in [-0.2, 0) is 12.8 Å². The fourth-order valence-electron chi connectivity index (χ4n) is 2.73. The lowest BCUT2D eigenvalue weighted by molar-refractivity contribution is 0.450. The zero-order valence-corrected chi connectivity index (χ0v) is 16.5. The number of phenols is 1. The average Bonchev–Trinajstić information content (AvgIpc) is 2.62. The first-order valence-electron chi connectivity index (χ1n) is 9.27. The molecule has 1 aliphatic carbocycles. The molecule has 1 aromatic rings. The fourth-order valence-corrected chi connectivity index (χ4v) is 2.73. The molecule has 0 heterocycles. The Labute approximate surface area is 143 Å². The van der Waals surface area contributed by atoms with Gasteiger partial charge in [0, 0.05) is 5.56 Å². The first kappa shape index (κ1) is 21.9. The van der Waals surface area contributed by atoms with Crippen LogP contribution in [0.1, 0.15) is 90.8 Å². The lowest BCUT2D eigenvalue weighted by Gasteiger charge is -2.15. The van der Waals surface area contributed by atoms with E-state index >= 15 is 0 Å². The first-order valence-corrected chi connectivity index (χ1v) is 9.27. The normalized spacial score (nSPS) is 16.7. The Morgan fingerprint density at radius 2 is 1.52 bits per heavy atom. The minimum Gasteiger partial charge on any atom is -0.508 e. The maximum Gasteiger partial charge on any atom is 0.133 e. The van der Waals surface area contributed by atoms with Gasteiger partial charge >= 0.3 is 0 Å². The van der Waals surface area contributed by atoms with Gasteiger partial charge in [-0.25, -0.2) is 4.39 Å². The molecule has 0 spiro atoms. The van der Waals surface area contributed by atoms with Crippen LogP contribution in [0.4, 0.5) is 4.39 Å². The van der Waals surface area contributed by atoms with Crippen LogP contribution in [0.2, 0.25) is 0 Å². The minimum absolute atomic E-state index is 0.0287. The predicted octanol–water partition coefficient (Wildman–Crippen LogP) is 6.86. The SMILES string of the molecule is CC.CC(C)C.CC1CCc2cc(O)c(C(C)C)c(F)c2CC1. The van der Waals surface area contributed by atoms with Crippen molar-refractivity contribution in [3.8, 4) is 5.75 Å². The summed E-state index contributed by atoms with van der Waals surface area (Å²) in [6.07, 6.45) is 3.83. The molecule has 2 heteroatoms. The number of benzene rings is 1. The highest BCUT2D eigenvalue weighted by Gasteiger charge is 2.22. The van der Waals surface area contributed by atoms with Crippen LogP contribution in [0.25, 0.3) is 0 Å². The number of phenolic OH excluding ortho intramolecular Hbond substituents is 1. The third-order valence-electron chi connectivity index (χ3n) is 3.85. The summed E-state index contributed by atoms with van der Waals surface area (Å²) in [5, 5.41) is 9.94. The zero-order chi connectivity index (χ0) is 18.2. The maximum atomic E-state index is 14.4. The minimum atomic E-state index is -0.163. The Balaban J connectivity index is 0.000000705. The number of hydrogen-bond acceptors (Lipinski definition) is 1. The molecule has 0 aromatic heterocycles. The summed E-state index contributed by atoms with van der Waals surface area (Å²) in [6, 6.07) is 1.78.